The van der Waals surface area contributed by atoms with E-state index in [9.17, 15) is 9.59 Å². The second-order valence-electron chi connectivity index (χ2n) is 4.72. The lowest BCUT2D eigenvalue weighted by Crippen LogP contribution is -2.34. The molecule has 0 aliphatic rings. The van der Waals surface area contributed by atoms with Crippen molar-refractivity contribution in [2.45, 2.75) is 6.92 Å². The van der Waals surface area contributed by atoms with Gasteiger partial charge in [-0.15, -0.1) is 0 Å². The fourth-order valence-corrected chi connectivity index (χ4v) is 2.11. The van der Waals surface area contributed by atoms with Gasteiger partial charge in [0.25, 0.3) is 6.20 Å². The summed E-state index contributed by atoms with van der Waals surface area (Å²) in [5, 5.41) is 2.45. The topological polar surface area (TPSA) is 66.9 Å². The van der Waals surface area contributed by atoms with Crippen molar-refractivity contribution in [3.05, 3.63) is 81.8 Å². The molecular formula is C16H13N2O3+. The lowest BCUT2D eigenvalue weighted by Gasteiger charge is -2.02. The first-order valence-corrected chi connectivity index (χ1v) is 6.46. The molecule has 104 valence electrons. The zero-order chi connectivity index (χ0) is 14.8. The highest BCUT2D eigenvalue weighted by Crippen LogP contribution is 2.14. The smallest absolute Gasteiger partial charge is 0.288 e. The summed E-state index contributed by atoms with van der Waals surface area (Å²) >= 11 is 0. The van der Waals surface area contributed by atoms with E-state index in [2.05, 4.69) is 9.79 Å². The molecule has 5 heteroatoms. The van der Waals surface area contributed by atoms with Crippen LogP contribution in [-0.4, -0.2) is 11.1 Å². The Morgan fingerprint density at radius 2 is 1.81 bits per heavy atom. The Balaban J connectivity index is 2.08. The first kappa shape index (κ1) is 13.1. The molecular weight excluding hydrogens is 268 g/mol. The molecule has 1 heterocycles. The van der Waals surface area contributed by atoms with Gasteiger partial charge in [0.05, 0.1) is 5.56 Å². The lowest BCUT2D eigenvalue weighted by molar-refractivity contribution is -0.670. The largest absolute Gasteiger partial charge is 0.427 e. The molecule has 0 atom stereocenters. The van der Waals surface area contributed by atoms with Crippen LogP contribution in [0.1, 0.15) is 21.5 Å². The van der Waals surface area contributed by atoms with Crippen molar-refractivity contribution in [1.82, 2.24) is 5.27 Å². The Morgan fingerprint density at radius 3 is 2.48 bits per heavy atom. The fraction of sp³-hybridized carbons (Fsp3) is 0.0625. The van der Waals surface area contributed by atoms with Crippen molar-refractivity contribution >= 4 is 5.78 Å². The van der Waals surface area contributed by atoms with Crippen LogP contribution in [0.2, 0.25) is 0 Å². The summed E-state index contributed by atoms with van der Waals surface area (Å²) in [6.45, 7) is 1.97. The summed E-state index contributed by atoms with van der Waals surface area (Å²) in [6, 6.07) is 14.4. The number of aromatic amines is 1. The summed E-state index contributed by atoms with van der Waals surface area (Å²) in [6.07, 6.45) is 1.25. The van der Waals surface area contributed by atoms with E-state index < -0.39 is 5.63 Å². The first-order chi connectivity index (χ1) is 10.1. The van der Waals surface area contributed by atoms with E-state index in [-0.39, 0.29) is 5.78 Å². The monoisotopic (exact) mass is 281 g/mol. The third-order valence-corrected chi connectivity index (χ3v) is 3.20. The van der Waals surface area contributed by atoms with Gasteiger partial charge in [0, 0.05) is 11.6 Å². The molecule has 0 amide bonds. The summed E-state index contributed by atoms with van der Waals surface area (Å²) in [7, 11) is 0. The van der Waals surface area contributed by atoms with Crippen molar-refractivity contribution in [2.24, 2.45) is 0 Å². The highest BCUT2D eigenvalue weighted by molar-refractivity contribution is 6.10. The first-order valence-electron chi connectivity index (χ1n) is 6.46. The molecule has 0 aliphatic carbocycles. The van der Waals surface area contributed by atoms with Crippen LogP contribution in [0.5, 0.6) is 0 Å². The van der Waals surface area contributed by atoms with Gasteiger partial charge in [-0.1, -0.05) is 42.0 Å². The second kappa shape index (κ2) is 5.20. The predicted octanol–water partition coefficient (Wildman–Crippen LogP) is 1.78. The highest BCUT2D eigenvalue weighted by Gasteiger charge is 2.21. The van der Waals surface area contributed by atoms with Crippen LogP contribution in [-0.2, 0) is 0 Å². The number of benzene rings is 2. The zero-order valence-corrected chi connectivity index (χ0v) is 11.4. The number of aryl methyl sites for hydroxylation is 1. The van der Waals surface area contributed by atoms with Crippen molar-refractivity contribution < 1.29 is 14.0 Å². The predicted molar refractivity (Wildman–Crippen MR) is 75.5 cm³/mol. The highest BCUT2D eigenvalue weighted by atomic mass is 16.5. The summed E-state index contributed by atoms with van der Waals surface area (Å²) in [5.74, 6) is -0.111. The third kappa shape index (κ3) is 2.53. The van der Waals surface area contributed by atoms with Gasteiger partial charge in [-0.2, -0.15) is 0 Å². The Bertz CT molecular complexity index is 844. The van der Waals surface area contributed by atoms with Gasteiger partial charge < -0.3 is 0 Å². The van der Waals surface area contributed by atoms with Crippen LogP contribution < -0.4 is 10.3 Å². The van der Waals surface area contributed by atoms with Gasteiger partial charge in [0.2, 0.25) is 5.69 Å². The van der Waals surface area contributed by atoms with Gasteiger partial charge in [-0.05, 0) is 22.9 Å². The Hall–Kier alpha value is -2.95. The van der Waals surface area contributed by atoms with Crippen LogP contribution in [0, 0.1) is 6.92 Å². The van der Waals surface area contributed by atoms with Crippen LogP contribution in [0.25, 0.3) is 5.69 Å². The van der Waals surface area contributed by atoms with Crippen molar-refractivity contribution in [2.75, 3.05) is 0 Å². The summed E-state index contributed by atoms with van der Waals surface area (Å²) in [5.41, 5.74) is 2.23. The second-order valence-corrected chi connectivity index (χ2v) is 4.72. The van der Waals surface area contributed by atoms with Gasteiger partial charge in [0.15, 0.2) is 5.78 Å². The van der Waals surface area contributed by atoms with Gasteiger partial charge >= 0.3 is 5.63 Å². The Morgan fingerprint density at radius 1 is 1.10 bits per heavy atom. The number of ketones is 1. The van der Waals surface area contributed by atoms with Gasteiger partial charge in [-0.25, -0.2) is 4.79 Å². The Kier molecular flexibility index (Phi) is 3.23. The van der Waals surface area contributed by atoms with Crippen LogP contribution in [0.4, 0.5) is 0 Å². The van der Waals surface area contributed by atoms with E-state index in [1.54, 1.807) is 36.4 Å². The molecule has 0 radical (unpaired) electrons. The van der Waals surface area contributed by atoms with Crippen molar-refractivity contribution in [3.63, 3.8) is 0 Å². The van der Waals surface area contributed by atoms with E-state index >= 15 is 0 Å². The lowest BCUT2D eigenvalue weighted by atomic mass is 10.0. The molecule has 0 fully saturated rings. The quantitative estimate of drug-likeness (QED) is 0.588. The molecule has 1 N–H and O–H groups in total. The molecule has 1 aromatic heterocycles. The van der Waals surface area contributed by atoms with E-state index in [1.807, 2.05) is 19.1 Å². The van der Waals surface area contributed by atoms with E-state index in [0.717, 1.165) is 5.56 Å². The normalized spacial score (nSPS) is 10.5. The molecule has 3 aromatic rings. The van der Waals surface area contributed by atoms with E-state index in [0.29, 0.717) is 16.8 Å². The molecule has 0 aliphatic heterocycles. The molecule has 21 heavy (non-hydrogen) atoms. The van der Waals surface area contributed by atoms with E-state index in [4.69, 9.17) is 0 Å². The molecule has 0 spiro atoms. The van der Waals surface area contributed by atoms with Crippen molar-refractivity contribution in [1.29, 1.82) is 0 Å². The maximum Gasteiger partial charge on any atom is 0.427 e. The zero-order valence-electron chi connectivity index (χ0n) is 11.4. The number of rotatable bonds is 3. The standard InChI is InChI=1S/C16H12N2O3/c1-11-6-8-12(9-7-11)16(20)13-4-2-3-5-14(13)18-10-15(19)21-17-18/h2-10H,1H3/p+1. The fourth-order valence-electron chi connectivity index (χ4n) is 2.11. The molecule has 0 bridgehead atoms. The van der Waals surface area contributed by atoms with Crippen LogP contribution in [0.3, 0.4) is 0 Å². The van der Waals surface area contributed by atoms with Crippen molar-refractivity contribution in [3.8, 4) is 5.69 Å². The third-order valence-electron chi connectivity index (χ3n) is 3.20. The maximum absolute atomic E-state index is 12.6. The summed E-state index contributed by atoms with van der Waals surface area (Å²) in [4.78, 5) is 23.8. The molecule has 5 nitrogen and oxygen atoms in total. The number of carbonyl (C=O) groups is 1. The minimum atomic E-state index is -0.507. The Labute approximate surface area is 120 Å². The molecule has 3 rings (SSSR count). The SMILES string of the molecule is Cc1ccc(C(=O)c2ccccc2-[n+]2cc(=O)o[nH]2)cc1. The summed E-state index contributed by atoms with van der Waals surface area (Å²) < 4.78 is 6.04. The molecule has 0 saturated carbocycles. The van der Waals surface area contributed by atoms with E-state index in [1.165, 1.54) is 10.9 Å². The minimum absolute atomic E-state index is 0.111. The number of hydrogen-bond acceptors (Lipinski definition) is 3. The molecule has 0 unspecified atom stereocenters. The number of H-pyrrole nitrogens is 1. The average molecular weight is 281 g/mol. The molecule has 2 aromatic carbocycles. The number of nitrogens with zero attached hydrogens (tertiary/aromatic N) is 1. The number of hydrogen-bond donors (Lipinski definition) is 1. The van der Waals surface area contributed by atoms with Crippen LogP contribution in [0.15, 0.2) is 64.0 Å². The number of para-hydroxylation sites is 1. The average Bonchev–Trinajstić information content (AvgIpc) is 2.94. The van der Waals surface area contributed by atoms with Gasteiger partial charge in [-0.3, -0.25) is 9.32 Å². The van der Waals surface area contributed by atoms with Gasteiger partial charge in [0.1, 0.15) is 0 Å². The number of aromatic nitrogens is 2. The molecule has 0 saturated heterocycles. The van der Waals surface area contributed by atoms with Crippen LogP contribution >= 0.6 is 0 Å². The number of nitrogens with one attached hydrogen (secondary N) is 1. The minimum Gasteiger partial charge on any atom is -0.288 e. The maximum atomic E-state index is 12.6. The number of carbonyl (C=O) groups excluding carboxylic acids is 1.